The van der Waals surface area contributed by atoms with Gasteiger partial charge in [0.25, 0.3) is 0 Å². The molecule has 1 aliphatic carbocycles. The van der Waals surface area contributed by atoms with E-state index < -0.39 is 53.3 Å². The van der Waals surface area contributed by atoms with Crippen LogP contribution in [0.25, 0.3) is 20.8 Å². The van der Waals surface area contributed by atoms with Crippen molar-refractivity contribution in [3.63, 3.8) is 0 Å². The normalized spacial score (nSPS) is 13.3. The largest absolute Gasteiger partial charge is 0.481 e. The number of carboxylic acid groups (broad SMARTS) is 2. The highest BCUT2D eigenvalue weighted by Gasteiger charge is 2.56. The number of hydrogen-bond acceptors (Lipinski definition) is 11. The molecule has 2 amide bonds. The number of thiophene rings is 1. The third-order valence-electron chi connectivity index (χ3n) is 8.05. The highest BCUT2D eigenvalue weighted by Crippen LogP contribution is 2.48. The Morgan fingerprint density at radius 1 is 0.907 bits per heavy atom. The van der Waals surface area contributed by atoms with Crippen molar-refractivity contribution in [3.8, 4) is 22.1 Å². The predicted octanol–water partition coefficient (Wildman–Crippen LogP) is 5.43. The molecule has 0 bridgehead atoms. The summed E-state index contributed by atoms with van der Waals surface area (Å²) in [5, 5.41) is 32.7. The van der Waals surface area contributed by atoms with Gasteiger partial charge < -0.3 is 40.7 Å². The van der Waals surface area contributed by atoms with Gasteiger partial charge in [0, 0.05) is 56.1 Å². The van der Waals surface area contributed by atoms with E-state index in [0.29, 0.717) is 42.9 Å². The lowest BCUT2D eigenvalue weighted by molar-refractivity contribution is -0.152. The third kappa shape index (κ3) is 10.2. The molecule has 1 aliphatic rings. The number of aliphatic hydroxyl groups is 1. The predicted molar refractivity (Wildman–Crippen MR) is 194 cm³/mol. The molecule has 0 spiro atoms. The van der Waals surface area contributed by atoms with Crippen molar-refractivity contribution in [1.82, 2.24) is 15.3 Å². The minimum absolute atomic E-state index is 0.0333. The van der Waals surface area contributed by atoms with Crippen molar-refractivity contribution in [1.29, 1.82) is 0 Å². The fraction of sp³-hybridized carbons (Fsp3) is 0.243. The van der Waals surface area contributed by atoms with Crippen LogP contribution in [0.15, 0.2) is 79.1 Å². The first-order valence-electron chi connectivity index (χ1n) is 16.4. The number of pyridine rings is 2. The molecule has 1 saturated carbocycles. The lowest BCUT2D eigenvalue weighted by atomic mass is 10.0. The maximum absolute atomic E-state index is 15.2. The van der Waals surface area contributed by atoms with Crippen LogP contribution in [-0.2, 0) is 30.5 Å². The van der Waals surface area contributed by atoms with E-state index in [1.165, 1.54) is 47.7 Å². The maximum atomic E-state index is 15.2. The van der Waals surface area contributed by atoms with E-state index >= 15 is 4.39 Å². The molecule has 5 aromatic rings. The lowest BCUT2D eigenvalue weighted by Gasteiger charge is -2.16. The van der Waals surface area contributed by atoms with Crippen LogP contribution in [0.5, 0.6) is 11.5 Å². The average Bonchev–Trinajstić information content (AvgIpc) is 3.85. The number of halogens is 2. The topological polar surface area (TPSA) is 209 Å². The molecule has 17 heteroatoms. The Morgan fingerprint density at radius 2 is 1.61 bits per heavy atom. The summed E-state index contributed by atoms with van der Waals surface area (Å²) in [7, 11) is 1.66. The van der Waals surface area contributed by atoms with Crippen molar-refractivity contribution in [2.75, 3.05) is 30.9 Å². The molecule has 6 rings (SSSR count). The number of ether oxygens (including phenoxy) is 2. The molecule has 1 atom stereocenters. The number of aliphatic carboxylic acids is 2. The molecular weight excluding hydrogens is 728 g/mol. The molecular formula is C37H35F2N5O9S. The first kappa shape index (κ1) is 39.3. The monoisotopic (exact) mass is 763 g/mol. The Balaban J connectivity index is 0.000000554. The van der Waals surface area contributed by atoms with Crippen molar-refractivity contribution in [2.45, 2.75) is 31.9 Å². The van der Waals surface area contributed by atoms with Gasteiger partial charge in [-0.25, -0.2) is 13.6 Å². The van der Waals surface area contributed by atoms with Crippen LogP contribution >= 0.6 is 11.3 Å². The second-order valence-electron chi connectivity index (χ2n) is 12.1. The minimum atomic E-state index is -1.79. The number of nitrogens with one attached hydrogen (secondary N) is 3. The molecule has 282 valence electrons. The highest BCUT2D eigenvalue weighted by molar-refractivity contribution is 7.22. The van der Waals surface area contributed by atoms with Crippen molar-refractivity contribution >= 4 is 56.7 Å². The maximum Gasteiger partial charge on any atom is 0.333 e. The number of carbonyl (C=O) groups is 4. The number of carbonyl (C=O) groups excluding carboxylic acids is 2. The van der Waals surface area contributed by atoms with Gasteiger partial charge in [-0.3, -0.25) is 24.4 Å². The standard InChI is InChI=1S/C33H29F2N5O4S.C4H6O5/c1-43-15-14-36-18-20-2-8-25(38-19-20)29-17-26-30(45-29)28(10-13-37-26)44-27-9-7-23(16-24(27)35)40-32(42)33(11-12-33)31(41)39-22-5-3-21(34)4-6-22;5-2(4(8)9)1-3(6)7/h2-10,13,16-17,19,36H,11-12,14-15,18H2,1H3,(H,39,41)(H,40,42);2,5H,1H2,(H,6,7)(H,8,9). The van der Waals surface area contributed by atoms with Gasteiger partial charge in [0.2, 0.25) is 11.8 Å². The summed E-state index contributed by atoms with van der Waals surface area (Å²) in [6.07, 6.45) is 1.57. The van der Waals surface area contributed by atoms with Crippen molar-refractivity contribution in [2.24, 2.45) is 5.41 Å². The van der Waals surface area contributed by atoms with E-state index in [4.69, 9.17) is 24.8 Å². The van der Waals surface area contributed by atoms with E-state index in [0.717, 1.165) is 33.4 Å². The Kier molecular flexibility index (Phi) is 12.9. The smallest absolute Gasteiger partial charge is 0.333 e. The van der Waals surface area contributed by atoms with E-state index in [2.05, 4.69) is 25.9 Å². The first-order chi connectivity index (χ1) is 25.9. The first-order valence-corrected chi connectivity index (χ1v) is 17.2. The Hall–Kier alpha value is -5.88. The number of rotatable bonds is 15. The third-order valence-corrected chi connectivity index (χ3v) is 9.21. The zero-order valence-corrected chi connectivity index (χ0v) is 29.5. The van der Waals surface area contributed by atoms with Gasteiger partial charge >= 0.3 is 11.9 Å². The van der Waals surface area contributed by atoms with E-state index in [1.807, 2.05) is 24.4 Å². The number of anilines is 2. The van der Waals surface area contributed by atoms with Gasteiger partial charge in [-0.2, -0.15) is 0 Å². The number of fused-ring (bicyclic) bond motifs is 1. The molecule has 6 N–H and O–H groups in total. The molecule has 1 fully saturated rings. The van der Waals surface area contributed by atoms with Gasteiger partial charge in [0.1, 0.15) is 17.0 Å². The van der Waals surface area contributed by atoms with Crippen LogP contribution in [0.3, 0.4) is 0 Å². The second kappa shape index (κ2) is 17.8. The molecule has 0 radical (unpaired) electrons. The quantitative estimate of drug-likeness (QED) is 0.0583. The Bertz CT molecular complexity index is 2130. The van der Waals surface area contributed by atoms with Gasteiger partial charge in [0.15, 0.2) is 17.7 Å². The van der Waals surface area contributed by atoms with E-state index in [-0.39, 0.29) is 11.4 Å². The van der Waals surface area contributed by atoms with Crippen LogP contribution < -0.4 is 20.7 Å². The number of nitrogens with zero attached hydrogens (tertiary/aromatic N) is 2. The molecule has 0 aliphatic heterocycles. The van der Waals surface area contributed by atoms with Crippen LogP contribution in [0.2, 0.25) is 0 Å². The lowest BCUT2D eigenvalue weighted by Crippen LogP contribution is -2.35. The fourth-order valence-corrected chi connectivity index (χ4v) is 5.99. The summed E-state index contributed by atoms with van der Waals surface area (Å²) < 4.78 is 40.1. The second-order valence-corrected chi connectivity index (χ2v) is 13.1. The van der Waals surface area contributed by atoms with Crippen LogP contribution in [0.4, 0.5) is 20.2 Å². The van der Waals surface area contributed by atoms with Crippen molar-refractivity contribution < 1.29 is 52.8 Å². The SMILES string of the molecule is COCCNCc1ccc(-c2cc3nccc(Oc4ccc(NC(=O)C5(C(=O)Nc6ccc(F)cc6)CC5)cc4F)c3s2)nc1.O=C(O)CC(O)C(=O)O. The van der Waals surface area contributed by atoms with Gasteiger partial charge in [-0.15, -0.1) is 11.3 Å². The van der Waals surface area contributed by atoms with E-state index in [9.17, 15) is 23.6 Å². The Labute approximate surface area is 310 Å². The molecule has 2 aromatic carbocycles. The zero-order chi connectivity index (χ0) is 38.8. The molecule has 1 unspecified atom stereocenters. The number of hydrogen-bond donors (Lipinski definition) is 6. The summed E-state index contributed by atoms with van der Waals surface area (Å²) >= 11 is 1.44. The Morgan fingerprint density at radius 3 is 2.20 bits per heavy atom. The number of carboxylic acids is 2. The van der Waals surface area contributed by atoms with Crippen LogP contribution in [0, 0.1) is 17.0 Å². The van der Waals surface area contributed by atoms with E-state index in [1.54, 1.807) is 19.4 Å². The molecule has 0 saturated heterocycles. The summed E-state index contributed by atoms with van der Waals surface area (Å²) in [5.74, 6) is -4.61. The highest BCUT2D eigenvalue weighted by atomic mass is 32.1. The van der Waals surface area contributed by atoms with Crippen LogP contribution in [0.1, 0.15) is 24.8 Å². The summed E-state index contributed by atoms with van der Waals surface area (Å²) in [6, 6.07) is 16.9. The summed E-state index contributed by atoms with van der Waals surface area (Å²) in [5.41, 5.74) is 1.83. The number of benzene rings is 2. The summed E-state index contributed by atoms with van der Waals surface area (Å²) in [6.45, 7) is 2.07. The number of aliphatic hydroxyl groups excluding tert-OH is 1. The zero-order valence-electron chi connectivity index (χ0n) is 28.7. The fourth-order valence-electron chi connectivity index (χ4n) is 4.95. The number of amides is 2. The van der Waals surface area contributed by atoms with Crippen molar-refractivity contribution in [3.05, 3.63) is 96.3 Å². The number of aromatic nitrogens is 2. The molecule has 14 nitrogen and oxygen atoms in total. The average molecular weight is 764 g/mol. The van der Waals surface area contributed by atoms with Gasteiger partial charge in [0.05, 0.1) is 33.8 Å². The van der Waals surface area contributed by atoms with Crippen LogP contribution in [-0.4, -0.2) is 75.4 Å². The van der Waals surface area contributed by atoms with Gasteiger partial charge in [-0.1, -0.05) is 6.07 Å². The minimum Gasteiger partial charge on any atom is -0.481 e. The van der Waals surface area contributed by atoms with Gasteiger partial charge in [-0.05, 0) is 66.9 Å². The molecule has 3 heterocycles. The molecule has 54 heavy (non-hydrogen) atoms. The summed E-state index contributed by atoms with van der Waals surface area (Å²) in [4.78, 5) is 55.2. The molecule has 3 aromatic heterocycles. The number of methoxy groups -OCH3 is 1.